The number of carbonyl (C=O) groups excluding carboxylic acids is 1. The monoisotopic (exact) mass is 302 g/mol. The molecule has 0 bridgehead atoms. The highest BCUT2D eigenvalue weighted by Gasteiger charge is 2.27. The van der Waals surface area contributed by atoms with Crippen LogP contribution in [0, 0.1) is 11.3 Å². The van der Waals surface area contributed by atoms with E-state index < -0.39 is 16.0 Å². The minimum absolute atomic E-state index is 0.0511. The van der Waals surface area contributed by atoms with Crippen molar-refractivity contribution in [3.8, 4) is 6.07 Å². The van der Waals surface area contributed by atoms with Crippen LogP contribution in [0.2, 0.25) is 0 Å². The first-order valence-corrected chi connectivity index (χ1v) is 7.87. The fourth-order valence-electron chi connectivity index (χ4n) is 1.36. The Kier molecular flexibility index (Phi) is 5.47. The lowest BCUT2D eigenvalue weighted by molar-refractivity contribution is -0.143. The van der Waals surface area contributed by atoms with Crippen molar-refractivity contribution in [1.29, 1.82) is 5.26 Å². The maximum atomic E-state index is 12.3. The number of nitriles is 1. The van der Waals surface area contributed by atoms with Gasteiger partial charge in [0.05, 0.1) is 6.61 Å². The van der Waals surface area contributed by atoms with Crippen LogP contribution in [0.15, 0.2) is 16.3 Å². The minimum Gasteiger partial charge on any atom is -0.465 e. The quantitative estimate of drug-likeness (QED) is 0.737. The SMILES string of the molecule is CCOC(=O)CN(CC)S(=O)(=O)c1ccc(C#N)s1. The minimum atomic E-state index is -3.75. The van der Waals surface area contributed by atoms with Crippen LogP contribution < -0.4 is 0 Å². The van der Waals surface area contributed by atoms with Gasteiger partial charge in [0.15, 0.2) is 0 Å². The molecule has 104 valence electrons. The molecule has 0 unspecified atom stereocenters. The second-order valence-electron chi connectivity index (χ2n) is 3.47. The first-order valence-electron chi connectivity index (χ1n) is 5.61. The van der Waals surface area contributed by atoms with Gasteiger partial charge >= 0.3 is 5.97 Å². The van der Waals surface area contributed by atoms with E-state index in [0.29, 0.717) is 4.88 Å². The molecule has 0 atom stereocenters. The number of ether oxygens (including phenoxy) is 1. The van der Waals surface area contributed by atoms with E-state index in [4.69, 9.17) is 10.00 Å². The molecule has 0 aliphatic rings. The smallest absolute Gasteiger partial charge is 0.321 e. The molecule has 0 amide bonds. The molecule has 1 rings (SSSR count). The molecule has 0 aliphatic carbocycles. The van der Waals surface area contributed by atoms with Crippen LogP contribution >= 0.6 is 11.3 Å². The van der Waals surface area contributed by atoms with E-state index in [1.165, 1.54) is 12.1 Å². The lowest BCUT2D eigenvalue weighted by Crippen LogP contribution is -2.35. The number of likely N-dealkylation sites (N-methyl/N-ethyl adjacent to an activating group) is 1. The standard InChI is InChI=1S/C11H14N2O4S2/c1-3-13(8-10(14)17-4-2)19(15,16)11-6-5-9(7-12)18-11/h5-6H,3-4,8H2,1-2H3. The van der Waals surface area contributed by atoms with Crippen molar-refractivity contribution in [3.05, 3.63) is 17.0 Å². The lowest BCUT2D eigenvalue weighted by Gasteiger charge is -2.18. The number of sulfonamides is 1. The van der Waals surface area contributed by atoms with Gasteiger partial charge in [0.25, 0.3) is 10.0 Å². The Morgan fingerprint density at radius 2 is 2.16 bits per heavy atom. The van der Waals surface area contributed by atoms with Crippen LogP contribution in [-0.4, -0.2) is 38.4 Å². The molecule has 19 heavy (non-hydrogen) atoms. The molecule has 0 radical (unpaired) electrons. The maximum Gasteiger partial charge on any atom is 0.321 e. The summed E-state index contributed by atoms with van der Waals surface area (Å²) in [4.78, 5) is 11.7. The largest absolute Gasteiger partial charge is 0.465 e. The van der Waals surface area contributed by atoms with Crippen molar-refractivity contribution in [1.82, 2.24) is 4.31 Å². The summed E-state index contributed by atoms with van der Waals surface area (Å²) in [5.41, 5.74) is 0. The molecule has 6 nitrogen and oxygen atoms in total. The predicted octanol–water partition coefficient (Wildman–Crippen LogP) is 1.19. The first-order chi connectivity index (χ1) is 8.95. The average molecular weight is 302 g/mol. The van der Waals surface area contributed by atoms with E-state index in [9.17, 15) is 13.2 Å². The molecular weight excluding hydrogens is 288 g/mol. The van der Waals surface area contributed by atoms with E-state index in [1.807, 2.05) is 6.07 Å². The van der Waals surface area contributed by atoms with Crippen molar-refractivity contribution in [2.75, 3.05) is 19.7 Å². The van der Waals surface area contributed by atoms with Gasteiger partial charge in [-0.15, -0.1) is 11.3 Å². The summed E-state index contributed by atoms with van der Waals surface area (Å²) >= 11 is 0.881. The third-order valence-electron chi connectivity index (χ3n) is 2.25. The molecule has 1 heterocycles. The Bertz CT molecular complexity index is 586. The Morgan fingerprint density at radius 3 is 2.63 bits per heavy atom. The second kappa shape index (κ2) is 6.65. The van der Waals surface area contributed by atoms with Gasteiger partial charge in [-0.1, -0.05) is 6.92 Å². The predicted molar refractivity (Wildman–Crippen MR) is 70.1 cm³/mol. The Balaban J connectivity index is 2.96. The second-order valence-corrected chi connectivity index (χ2v) is 6.72. The van der Waals surface area contributed by atoms with Gasteiger partial charge < -0.3 is 4.74 Å². The van der Waals surface area contributed by atoms with Crippen LogP contribution in [0.3, 0.4) is 0 Å². The first kappa shape index (κ1) is 15.6. The van der Waals surface area contributed by atoms with Gasteiger partial charge in [-0.25, -0.2) is 8.42 Å². The highest BCUT2D eigenvalue weighted by Crippen LogP contribution is 2.24. The van der Waals surface area contributed by atoms with Crippen molar-refractivity contribution < 1.29 is 17.9 Å². The number of esters is 1. The summed E-state index contributed by atoms with van der Waals surface area (Å²) in [6, 6.07) is 4.69. The number of hydrogen-bond acceptors (Lipinski definition) is 6. The molecule has 0 N–H and O–H groups in total. The molecule has 0 aromatic carbocycles. The van der Waals surface area contributed by atoms with Crippen molar-refractivity contribution in [3.63, 3.8) is 0 Å². The summed E-state index contributed by atoms with van der Waals surface area (Å²) < 4.78 is 30.3. The van der Waals surface area contributed by atoms with Gasteiger partial charge in [0.2, 0.25) is 0 Å². The van der Waals surface area contributed by atoms with E-state index >= 15 is 0 Å². The number of hydrogen-bond donors (Lipinski definition) is 0. The Labute approximate surface area is 116 Å². The zero-order chi connectivity index (χ0) is 14.5. The lowest BCUT2D eigenvalue weighted by atomic mass is 10.5. The van der Waals surface area contributed by atoms with Crippen LogP contribution in [0.5, 0.6) is 0 Å². The van der Waals surface area contributed by atoms with E-state index in [1.54, 1.807) is 13.8 Å². The van der Waals surface area contributed by atoms with Gasteiger partial charge in [0, 0.05) is 6.54 Å². The number of thiophene rings is 1. The van der Waals surface area contributed by atoms with Crippen LogP contribution in [-0.2, 0) is 19.6 Å². The summed E-state index contributed by atoms with van der Waals surface area (Å²) in [5, 5.41) is 8.71. The van der Waals surface area contributed by atoms with Gasteiger partial charge in [-0.05, 0) is 19.1 Å². The zero-order valence-corrected chi connectivity index (χ0v) is 12.3. The van der Waals surface area contributed by atoms with Gasteiger partial charge in [-0.3, -0.25) is 4.79 Å². The molecule has 0 aliphatic heterocycles. The Hall–Kier alpha value is -1.43. The van der Waals surface area contributed by atoms with E-state index in [0.717, 1.165) is 15.6 Å². The van der Waals surface area contributed by atoms with E-state index in [2.05, 4.69) is 0 Å². The highest BCUT2D eigenvalue weighted by molar-refractivity contribution is 7.91. The molecule has 0 fully saturated rings. The summed E-state index contributed by atoms with van der Waals surface area (Å²) in [6.07, 6.45) is 0. The van der Waals surface area contributed by atoms with Crippen LogP contribution in [0.4, 0.5) is 0 Å². The highest BCUT2D eigenvalue weighted by atomic mass is 32.2. The summed E-state index contributed by atoms with van der Waals surface area (Å²) in [5.74, 6) is -0.593. The maximum absolute atomic E-state index is 12.3. The normalized spacial score (nSPS) is 11.3. The molecule has 0 spiro atoms. The molecule has 1 aromatic heterocycles. The van der Waals surface area contributed by atoms with Crippen molar-refractivity contribution >= 4 is 27.3 Å². The summed E-state index contributed by atoms with van der Waals surface area (Å²) in [7, 11) is -3.75. The molecule has 0 saturated carbocycles. The zero-order valence-electron chi connectivity index (χ0n) is 10.6. The van der Waals surface area contributed by atoms with E-state index in [-0.39, 0.29) is 23.9 Å². The van der Waals surface area contributed by atoms with Crippen molar-refractivity contribution in [2.24, 2.45) is 0 Å². The van der Waals surface area contributed by atoms with Crippen LogP contribution in [0.25, 0.3) is 0 Å². The third kappa shape index (κ3) is 3.76. The molecule has 0 saturated heterocycles. The number of rotatable bonds is 6. The average Bonchev–Trinajstić information content (AvgIpc) is 2.85. The summed E-state index contributed by atoms with van der Waals surface area (Å²) in [6.45, 7) is 3.32. The van der Waals surface area contributed by atoms with Crippen molar-refractivity contribution in [2.45, 2.75) is 18.1 Å². The van der Waals surface area contributed by atoms with Gasteiger partial charge in [0.1, 0.15) is 21.7 Å². The number of nitrogens with zero attached hydrogens (tertiary/aromatic N) is 2. The molecular formula is C11H14N2O4S2. The molecule has 1 aromatic rings. The third-order valence-corrected chi connectivity index (χ3v) is 5.63. The van der Waals surface area contributed by atoms with Gasteiger partial charge in [-0.2, -0.15) is 9.57 Å². The fraction of sp³-hybridized carbons (Fsp3) is 0.455. The Morgan fingerprint density at radius 1 is 1.47 bits per heavy atom. The van der Waals surface area contributed by atoms with Crippen LogP contribution in [0.1, 0.15) is 18.7 Å². The number of carbonyl (C=O) groups is 1. The molecule has 8 heteroatoms. The fourth-order valence-corrected chi connectivity index (χ4v) is 4.01. The topological polar surface area (TPSA) is 87.5 Å².